The molecule has 0 fully saturated rings. The maximum atomic E-state index is 13.2. The number of benzene rings is 2. The first-order valence-corrected chi connectivity index (χ1v) is 12.4. The maximum absolute atomic E-state index is 13.2. The largest absolute Gasteiger partial charge is 0.456 e. The number of H-pyrrole nitrogens is 1. The van der Waals surface area contributed by atoms with E-state index in [1.165, 1.54) is 4.57 Å². The summed E-state index contributed by atoms with van der Waals surface area (Å²) in [5.41, 5.74) is 4.73. The fourth-order valence-electron chi connectivity index (χ4n) is 4.72. The van der Waals surface area contributed by atoms with Crippen LogP contribution < -0.4 is 16.2 Å². The van der Waals surface area contributed by atoms with Crippen LogP contribution in [0.15, 0.2) is 82.4 Å². The first-order valence-electron chi connectivity index (χ1n) is 12.4. The second-order valence-corrected chi connectivity index (χ2v) is 9.42. The highest BCUT2D eigenvalue weighted by atomic mass is 16.3. The van der Waals surface area contributed by atoms with Crippen LogP contribution >= 0.6 is 0 Å². The Bertz CT molecular complexity index is 1830. The van der Waals surface area contributed by atoms with E-state index in [4.69, 9.17) is 4.42 Å². The molecule has 1 atom stereocenters. The monoisotopic (exact) mass is 506 g/mol. The van der Waals surface area contributed by atoms with Gasteiger partial charge in [-0.1, -0.05) is 24.3 Å². The molecular formula is C29H26N6O3. The third kappa shape index (κ3) is 4.50. The molecule has 9 nitrogen and oxygen atoms in total. The van der Waals surface area contributed by atoms with E-state index in [-0.39, 0.29) is 29.9 Å². The van der Waals surface area contributed by atoms with Gasteiger partial charge in [0.15, 0.2) is 5.82 Å². The number of carbonyl (C=O) groups excluding carboxylic acids is 1. The number of furan rings is 1. The fourth-order valence-corrected chi connectivity index (χ4v) is 4.72. The van der Waals surface area contributed by atoms with Crippen molar-refractivity contribution < 1.29 is 9.21 Å². The lowest BCUT2D eigenvalue weighted by molar-refractivity contribution is -0.121. The zero-order valence-electron chi connectivity index (χ0n) is 21.0. The highest BCUT2D eigenvalue weighted by Crippen LogP contribution is 2.31. The van der Waals surface area contributed by atoms with Crippen LogP contribution in [0, 0.1) is 6.92 Å². The Balaban J connectivity index is 1.18. The van der Waals surface area contributed by atoms with Crippen LogP contribution in [-0.4, -0.2) is 25.4 Å². The number of hydrogen-bond acceptors (Lipinski definition) is 6. The summed E-state index contributed by atoms with van der Waals surface area (Å²) in [6.07, 6.45) is 5.07. The van der Waals surface area contributed by atoms with E-state index in [1.54, 1.807) is 25.5 Å². The van der Waals surface area contributed by atoms with Crippen molar-refractivity contribution in [2.24, 2.45) is 0 Å². The van der Waals surface area contributed by atoms with Gasteiger partial charge in [0, 0.05) is 46.0 Å². The lowest BCUT2D eigenvalue weighted by Crippen LogP contribution is -2.33. The molecule has 6 rings (SSSR count). The van der Waals surface area contributed by atoms with E-state index >= 15 is 0 Å². The molecule has 190 valence electrons. The highest BCUT2D eigenvalue weighted by molar-refractivity contribution is 6.05. The average Bonchev–Trinajstić information content (AvgIpc) is 3.50. The number of para-hydroxylation sites is 1. The summed E-state index contributed by atoms with van der Waals surface area (Å²) in [6.45, 7) is 3.98. The third-order valence-corrected chi connectivity index (χ3v) is 6.62. The lowest BCUT2D eigenvalue weighted by Gasteiger charge is -2.16. The normalized spacial score (nSPS) is 12.3. The van der Waals surface area contributed by atoms with Gasteiger partial charge >= 0.3 is 0 Å². The van der Waals surface area contributed by atoms with Crippen LogP contribution in [-0.2, 0) is 17.9 Å². The number of aromatic nitrogens is 4. The number of aryl methyl sites for hydroxylation is 1. The van der Waals surface area contributed by atoms with Crippen molar-refractivity contribution >= 4 is 44.6 Å². The summed E-state index contributed by atoms with van der Waals surface area (Å²) in [7, 11) is 0. The van der Waals surface area contributed by atoms with Gasteiger partial charge in [0.05, 0.1) is 18.3 Å². The average molecular weight is 507 g/mol. The molecule has 1 amide bonds. The first-order chi connectivity index (χ1) is 18.4. The molecular weight excluding hydrogens is 480 g/mol. The molecule has 4 heterocycles. The van der Waals surface area contributed by atoms with Crippen LogP contribution in [0.5, 0.6) is 0 Å². The number of anilines is 1. The standard InChI is InChI=1S/C29H26N6O3/c1-17-15-35(16-27(36)31-14-21-11-20-13-30-10-9-24(20)34-21)29(37)28(32-17)33-18(2)19-7-8-26-23(12-19)22-5-3-4-6-25(22)38-26/h3-13,15,18,34H,14,16H2,1-2H3,(H,31,36)(H,32,33)/t18-/m1/s1. The zero-order valence-corrected chi connectivity index (χ0v) is 21.0. The van der Waals surface area contributed by atoms with Crippen molar-refractivity contribution in [1.29, 1.82) is 0 Å². The van der Waals surface area contributed by atoms with E-state index in [2.05, 4.69) is 31.7 Å². The number of aromatic amines is 1. The molecule has 0 bridgehead atoms. The second-order valence-electron chi connectivity index (χ2n) is 9.42. The van der Waals surface area contributed by atoms with Crippen molar-refractivity contribution in [2.75, 3.05) is 5.32 Å². The molecule has 38 heavy (non-hydrogen) atoms. The Morgan fingerprint density at radius 1 is 1.11 bits per heavy atom. The van der Waals surface area contributed by atoms with E-state index < -0.39 is 0 Å². The van der Waals surface area contributed by atoms with Crippen LogP contribution in [0.3, 0.4) is 0 Å². The first kappa shape index (κ1) is 23.5. The van der Waals surface area contributed by atoms with Gasteiger partial charge in [-0.15, -0.1) is 0 Å². The number of rotatable bonds is 7. The molecule has 6 aromatic rings. The predicted molar refractivity (Wildman–Crippen MR) is 147 cm³/mol. The van der Waals surface area contributed by atoms with Crippen molar-refractivity contribution in [3.63, 3.8) is 0 Å². The summed E-state index contributed by atoms with van der Waals surface area (Å²) in [5, 5.41) is 9.15. The van der Waals surface area contributed by atoms with E-state index in [1.807, 2.05) is 55.5 Å². The number of nitrogens with one attached hydrogen (secondary N) is 3. The Morgan fingerprint density at radius 3 is 2.82 bits per heavy atom. The summed E-state index contributed by atoms with van der Waals surface area (Å²) in [4.78, 5) is 37.6. The van der Waals surface area contributed by atoms with Gasteiger partial charge in [-0.25, -0.2) is 4.98 Å². The van der Waals surface area contributed by atoms with Gasteiger partial charge in [-0.2, -0.15) is 0 Å². The van der Waals surface area contributed by atoms with Gasteiger partial charge in [0.25, 0.3) is 5.56 Å². The second kappa shape index (κ2) is 9.51. The van der Waals surface area contributed by atoms with E-state index in [9.17, 15) is 9.59 Å². The lowest BCUT2D eigenvalue weighted by atomic mass is 10.0. The van der Waals surface area contributed by atoms with Gasteiger partial charge < -0.3 is 24.6 Å². The number of fused-ring (bicyclic) bond motifs is 4. The molecule has 0 unspecified atom stereocenters. The summed E-state index contributed by atoms with van der Waals surface area (Å²) >= 11 is 0. The van der Waals surface area contributed by atoms with Crippen LogP contribution in [0.1, 0.15) is 29.9 Å². The van der Waals surface area contributed by atoms with Crippen LogP contribution in [0.25, 0.3) is 32.8 Å². The number of nitrogens with zero attached hydrogens (tertiary/aromatic N) is 3. The number of carbonyl (C=O) groups is 1. The van der Waals surface area contributed by atoms with E-state index in [0.29, 0.717) is 12.2 Å². The smallest absolute Gasteiger partial charge is 0.293 e. The Labute approximate surface area is 217 Å². The molecule has 3 N–H and O–H groups in total. The number of pyridine rings is 1. The minimum Gasteiger partial charge on any atom is -0.456 e. The molecule has 4 aromatic heterocycles. The van der Waals surface area contributed by atoms with Crippen molar-refractivity contribution in [2.45, 2.75) is 33.0 Å². The van der Waals surface area contributed by atoms with Gasteiger partial charge in [-0.05, 0) is 49.7 Å². The molecule has 0 aliphatic rings. The van der Waals surface area contributed by atoms with Crippen LogP contribution in [0.4, 0.5) is 5.82 Å². The molecule has 0 aliphatic heterocycles. The minimum absolute atomic E-state index is 0.111. The van der Waals surface area contributed by atoms with Crippen molar-refractivity contribution in [3.8, 4) is 0 Å². The fraction of sp³-hybridized carbons (Fsp3) is 0.172. The summed E-state index contributed by atoms with van der Waals surface area (Å²) in [6, 6.07) is 17.5. The molecule has 2 aromatic carbocycles. The predicted octanol–water partition coefficient (Wildman–Crippen LogP) is 4.82. The van der Waals surface area contributed by atoms with Crippen molar-refractivity contribution in [1.82, 2.24) is 24.8 Å². The Hall–Kier alpha value is -4.92. The molecule has 0 saturated carbocycles. The molecule has 0 aliphatic carbocycles. The van der Waals surface area contributed by atoms with Crippen LogP contribution in [0.2, 0.25) is 0 Å². The molecule has 0 spiro atoms. The number of hydrogen-bond donors (Lipinski definition) is 3. The third-order valence-electron chi connectivity index (χ3n) is 6.62. The highest BCUT2D eigenvalue weighted by Gasteiger charge is 2.15. The minimum atomic E-state index is -0.357. The van der Waals surface area contributed by atoms with Gasteiger partial charge in [0.1, 0.15) is 17.7 Å². The molecule has 0 saturated heterocycles. The maximum Gasteiger partial charge on any atom is 0.293 e. The summed E-state index contributed by atoms with van der Waals surface area (Å²) < 4.78 is 7.31. The van der Waals surface area contributed by atoms with Gasteiger partial charge in [0.2, 0.25) is 5.91 Å². The summed E-state index contributed by atoms with van der Waals surface area (Å²) in [5.74, 6) is -0.0728. The topological polar surface area (TPSA) is 118 Å². The molecule has 9 heteroatoms. The Morgan fingerprint density at radius 2 is 1.95 bits per heavy atom. The van der Waals surface area contributed by atoms with E-state index in [0.717, 1.165) is 44.1 Å². The van der Waals surface area contributed by atoms with Gasteiger partial charge in [-0.3, -0.25) is 14.6 Å². The SMILES string of the molecule is Cc1cn(CC(=O)NCc2cc3cnccc3[nH]2)c(=O)c(N[C@H](C)c2ccc3oc4ccccc4c3c2)n1. The Kier molecular flexibility index (Phi) is 5.88. The zero-order chi connectivity index (χ0) is 26.2. The van der Waals surface area contributed by atoms with Crippen molar-refractivity contribution in [3.05, 3.63) is 100 Å². The quantitative estimate of drug-likeness (QED) is 0.286. The molecule has 0 radical (unpaired) electrons. The number of amides is 1.